The summed E-state index contributed by atoms with van der Waals surface area (Å²) in [7, 11) is 0. The van der Waals surface area contributed by atoms with Crippen molar-refractivity contribution in [2.75, 3.05) is 19.6 Å². The summed E-state index contributed by atoms with van der Waals surface area (Å²) in [5, 5.41) is 0. The van der Waals surface area contributed by atoms with Crippen LogP contribution >= 0.6 is 0 Å². The molecular weight excluding hydrogens is 728 g/mol. The molecule has 0 bridgehead atoms. The molecule has 0 N–H and O–H groups in total. The summed E-state index contributed by atoms with van der Waals surface area (Å²) in [4.78, 5) is 14.7. The number of hydrogen-bond acceptors (Lipinski definition) is 5. The summed E-state index contributed by atoms with van der Waals surface area (Å²) in [5.74, 6) is 0. The van der Waals surface area contributed by atoms with Crippen LogP contribution in [0.25, 0.3) is 0 Å². The average molecular weight is 764 g/mol. The number of hydrogen-bond donors (Lipinski definition) is 0. The molecule has 60 heavy (non-hydrogen) atoms. The topological polar surface area (TPSA) is 25.9 Å². The molecule has 7 heteroatoms. The van der Waals surface area contributed by atoms with Gasteiger partial charge in [0, 0.05) is 80.6 Å². The molecule has 8 aromatic carbocycles. The number of pyridine rings is 1. The predicted octanol–water partition coefficient (Wildman–Crippen LogP) is 9.25. The summed E-state index contributed by atoms with van der Waals surface area (Å²) in [6.07, 6.45) is 4.04. The van der Waals surface area contributed by atoms with Crippen LogP contribution in [0.5, 0.6) is 0 Å². The largest absolute Gasteiger partial charge is 0.311 e. The molecule has 4 aliphatic heterocycles. The standard InChI is InChI=1S/C53H35B2N5/c1-5-17-36(18-6-1)57-44-26-14-13-25-40(44)54-41-33-42-51(34-50(41)59(38-21-9-3-10-22-38)48-29-15-27-46(57)52(48)54)60(39-23-11-4-12-24-39)49-30-16-28-47-53(49)55(42)43-35-56-32-31-45(43)58(47)37-19-7-2-8-20-37/h1-35H. The fourth-order valence-electron chi connectivity index (χ4n) is 10.6. The van der Waals surface area contributed by atoms with E-state index < -0.39 is 0 Å². The van der Waals surface area contributed by atoms with Gasteiger partial charge in [-0.25, -0.2) is 0 Å². The van der Waals surface area contributed by atoms with Gasteiger partial charge in [0.25, 0.3) is 13.4 Å². The van der Waals surface area contributed by atoms with Gasteiger partial charge in [-0.15, -0.1) is 0 Å². The molecule has 0 aliphatic carbocycles. The van der Waals surface area contributed by atoms with E-state index in [0.717, 1.165) is 28.4 Å². The predicted molar refractivity (Wildman–Crippen MR) is 252 cm³/mol. The molecule has 0 radical (unpaired) electrons. The van der Waals surface area contributed by atoms with Crippen LogP contribution in [-0.2, 0) is 0 Å². The van der Waals surface area contributed by atoms with Gasteiger partial charge in [-0.05, 0) is 124 Å². The molecule has 0 spiro atoms. The van der Waals surface area contributed by atoms with Crippen molar-refractivity contribution < 1.29 is 0 Å². The number of nitrogens with zero attached hydrogens (tertiary/aromatic N) is 5. The third kappa shape index (κ3) is 4.63. The Morgan fingerprint density at radius 1 is 0.283 bits per heavy atom. The maximum atomic E-state index is 4.83. The molecule has 0 amide bonds. The van der Waals surface area contributed by atoms with Crippen molar-refractivity contribution in [3.8, 4) is 0 Å². The van der Waals surface area contributed by atoms with E-state index in [0.29, 0.717) is 0 Å². The normalized spacial score (nSPS) is 13.8. The van der Waals surface area contributed by atoms with Gasteiger partial charge in [-0.3, -0.25) is 4.98 Å². The summed E-state index contributed by atoms with van der Waals surface area (Å²) in [6.45, 7) is -0.0613. The van der Waals surface area contributed by atoms with Crippen molar-refractivity contribution in [2.45, 2.75) is 0 Å². The Balaban J connectivity index is 1.14. The zero-order chi connectivity index (χ0) is 39.3. The van der Waals surface area contributed by atoms with Crippen molar-refractivity contribution in [3.05, 3.63) is 213 Å². The lowest BCUT2D eigenvalue weighted by Crippen LogP contribution is -2.65. The van der Waals surface area contributed by atoms with E-state index in [2.05, 4.69) is 226 Å². The Labute approximate surface area is 350 Å². The average Bonchev–Trinajstić information content (AvgIpc) is 3.32. The SMILES string of the molecule is c1ccc(N2c3ccccc3B3c4cc5c(cc4N(c4ccccc4)c4cccc2c43)N(c2ccccc2)c2cccc3c2B5c2cnccc2N3c2ccccc2)cc1. The lowest BCUT2D eigenvalue weighted by molar-refractivity contribution is 1.23. The van der Waals surface area contributed by atoms with Crippen LogP contribution in [0.2, 0.25) is 0 Å². The number of aromatic nitrogens is 1. The fraction of sp³-hybridized carbons (Fsp3) is 0. The Bertz CT molecular complexity index is 2930. The molecule has 0 fully saturated rings. The van der Waals surface area contributed by atoms with E-state index in [1.165, 1.54) is 72.6 Å². The maximum absolute atomic E-state index is 4.83. The van der Waals surface area contributed by atoms with E-state index in [1.807, 2.05) is 6.20 Å². The Hall–Kier alpha value is -7.76. The lowest BCUT2D eigenvalue weighted by Gasteiger charge is -2.47. The van der Waals surface area contributed by atoms with Crippen LogP contribution in [-0.4, -0.2) is 18.4 Å². The molecule has 13 rings (SSSR count). The molecule has 4 aliphatic rings. The molecule has 0 atom stereocenters. The maximum Gasteiger partial charge on any atom is 0.254 e. The first kappa shape index (κ1) is 33.2. The van der Waals surface area contributed by atoms with Crippen LogP contribution in [0.1, 0.15) is 0 Å². The van der Waals surface area contributed by atoms with Gasteiger partial charge in [-0.1, -0.05) is 109 Å². The second-order valence-electron chi connectivity index (χ2n) is 15.9. The van der Waals surface area contributed by atoms with Gasteiger partial charge in [0.1, 0.15) is 0 Å². The highest BCUT2D eigenvalue weighted by Gasteiger charge is 2.48. The van der Waals surface area contributed by atoms with Crippen molar-refractivity contribution in [1.82, 2.24) is 4.98 Å². The molecular formula is C53H35B2N5. The van der Waals surface area contributed by atoms with Crippen molar-refractivity contribution in [1.29, 1.82) is 0 Å². The first-order chi connectivity index (χ1) is 29.8. The Kier molecular flexibility index (Phi) is 7.13. The van der Waals surface area contributed by atoms with E-state index in [9.17, 15) is 0 Å². The zero-order valence-electron chi connectivity index (χ0n) is 32.6. The molecule has 278 valence electrons. The third-order valence-electron chi connectivity index (χ3n) is 12.9. The smallest absolute Gasteiger partial charge is 0.254 e. The third-order valence-corrected chi connectivity index (χ3v) is 12.9. The van der Waals surface area contributed by atoms with Gasteiger partial charge < -0.3 is 19.6 Å². The molecule has 0 saturated heterocycles. The Morgan fingerprint density at radius 2 is 0.650 bits per heavy atom. The van der Waals surface area contributed by atoms with E-state index in [4.69, 9.17) is 4.98 Å². The van der Waals surface area contributed by atoms with Crippen molar-refractivity contribution >= 4 is 114 Å². The van der Waals surface area contributed by atoms with E-state index in [1.54, 1.807) is 0 Å². The molecule has 1 aromatic heterocycles. The van der Waals surface area contributed by atoms with E-state index in [-0.39, 0.29) is 13.4 Å². The monoisotopic (exact) mass is 763 g/mol. The molecule has 0 unspecified atom stereocenters. The summed E-state index contributed by atoms with van der Waals surface area (Å²) in [5.41, 5.74) is 21.7. The van der Waals surface area contributed by atoms with Gasteiger partial charge in [0.2, 0.25) is 0 Å². The summed E-state index contributed by atoms with van der Waals surface area (Å²) >= 11 is 0. The van der Waals surface area contributed by atoms with Gasteiger partial charge in [0.15, 0.2) is 0 Å². The second-order valence-corrected chi connectivity index (χ2v) is 15.9. The highest BCUT2D eigenvalue weighted by Crippen LogP contribution is 2.48. The highest BCUT2D eigenvalue weighted by molar-refractivity contribution is 7.03. The number of rotatable bonds is 4. The zero-order valence-corrected chi connectivity index (χ0v) is 32.6. The minimum atomic E-state index is -0.0541. The van der Waals surface area contributed by atoms with Crippen molar-refractivity contribution in [2.24, 2.45) is 0 Å². The highest BCUT2D eigenvalue weighted by atomic mass is 15.2. The lowest BCUT2D eigenvalue weighted by atomic mass is 9.30. The number of para-hydroxylation sites is 5. The van der Waals surface area contributed by atoms with Gasteiger partial charge in [-0.2, -0.15) is 0 Å². The number of benzene rings is 8. The molecule has 9 aromatic rings. The van der Waals surface area contributed by atoms with Gasteiger partial charge >= 0.3 is 0 Å². The minimum Gasteiger partial charge on any atom is -0.311 e. The Morgan fingerprint density at radius 3 is 1.12 bits per heavy atom. The van der Waals surface area contributed by atoms with E-state index >= 15 is 0 Å². The molecule has 5 nitrogen and oxygen atoms in total. The first-order valence-corrected chi connectivity index (χ1v) is 20.7. The van der Waals surface area contributed by atoms with Crippen LogP contribution in [0, 0.1) is 0 Å². The van der Waals surface area contributed by atoms with Crippen LogP contribution in [0.3, 0.4) is 0 Å². The molecule has 5 heterocycles. The number of anilines is 12. The summed E-state index contributed by atoms with van der Waals surface area (Å²) in [6, 6.07) is 73.3. The fourth-order valence-corrected chi connectivity index (χ4v) is 10.6. The number of fused-ring (bicyclic) bond motifs is 8. The van der Waals surface area contributed by atoms with Crippen LogP contribution in [0.15, 0.2) is 213 Å². The molecule has 0 saturated carbocycles. The van der Waals surface area contributed by atoms with Crippen LogP contribution in [0.4, 0.5) is 68.2 Å². The quantitative estimate of drug-likeness (QED) is 0.167. The summed E-state index contributed by atoms with van der Waals surface area (Å²) < 4.78 is 0. The first-order valence-electron chi connectivity index (χ1n) is 20.7. The van der Waals surface area contributed by atoms with Crippen LogP contribution < -0.4 is 52.4 Å². The second kappa shape index (κ2) is 12.9. The minimum absolute atomic E-state index is 0.00721. The van der Waals surface area contributed by atoms with Crippen molar-refractivity contribution in [3.63, 3.8) is 0 Å². The van der Waals surface area contributed by atoms with Gasteiger partial charge in [0.05, 0.1) is 0 Å².